The van der Waals surface area contributed by atoms with Crippen molar-refractivity contribution >= 4 is 29.4 Å². The maximum atomic E-state index is 13.3. The molecule has 1 spiro atoms. The Morgan fingerprint density at radius 3 is 2.50 bits per heavy atom. The standard InChI is InChI=1S/C33H41N7O4/c41-28-5-4-27(30(42)36-28)40-20-25-24(31(40)43)2-3-26-29(25)44-21-23-19-37(16-17-39(23)26)18-22-6-8-33(9-7-22)10-14-38(15-11-33)32-34-12-1-13-35-32/h1-3,12-13,22-23,27H,4-11,14-21H2,(H,36,41,42). The molecule has 44 heavy (non-hydrogen) atoms. The van der Waals surface area contributed by atoms with Crippen LogP contribution in [0, 0.1) is 11.3 Å². The van der Waals surface area contributed by atoms with Crippen molar-refractivity contribution in [3.63, 3.8) is 0 Å². The fourth-order valence-electron chi connectivity index (χ4n) is 8.69. The first-order valence-electron chi connectivity index (χ1n) is 16.4. The van der Waals surface area contributed by atoms with Gasteiger partial charge in [-0.1, -0.05) is 0 Å². The van der Waals surface area contributed by atoms with E-state index < -0.39 is 6.04 Å². The molecule has 1 saturated carbocycles. The molecule has 4 fully saturated rings. The molecule has 2 atom stereocenters. The molecule has 11 heteroatoms. The van der Waals surface area contributed by atoms with Crippen LogP contribution in [0.2, 0.25) is 0 Å². The van der Waals surface area contributed by atoms with Crippen LogP contribution < -0.4 is 19.9 Å². The number of piperidine rings is 2. The Morgan fingerprint density at radius 2 is 1.73 bits per heavy atom. The van der Waals surface area contributed by atoms with Crippen molar-refractivity contribution < 1.29 is 19.1 Å². The van der Waals surface area contributed by atoms with Gasteiger partial charge in [0.1, 0.15) is 18.4 Å². The Hall–Kier alpha value is -3.73. The van der Waals surface area contributed by atoms with Crippen molar-refractivity contribution in [1.82, 2.24) is 25.1 Å². The average molecular weight is 600 g/mol. The molecular formula is C33H41N7O4. The molecule has 1 aromatic carbocycles. The summed E-state index contributed by atoms with van der Waals surface area (Å²) in [5, 5.41) is 2.39. The molecule has 8 rings (SSSR count). The number of amides is 3. The minimum absolute atomic E-state index is 0.155. The number of ether oxygens (including phenoxy) is 1. The number of fused-ring (bicyclic) bond motifs is 5. The van der Waals surface area contributed by atoms with Gasteiger partial charge in [0.2, 0.25) is 17.8 Å². The summed E-state index contributed by atoms with van der Waals surface area (Å²) in [4.78, 5) is 55.4. The largest absolute Gasteiger partial charge is 0.489 e. The molecule has 1 N–H and O–H groups in total. The van der Waals surface area contributed by atoms with E-state index in [-0.39, 0.29) is 30.2 Å². The van der Waals surface area contributed by atoms with Gasteiger partial charge in [-0.3, -0.25) is 24.6 Å². The lowest BCUT2D eigenvalue weighted by Gasteiger charge is -2.48. The molecule has 2 unspecified atom stereocenters. The van der Waals surface area contributed by atoms with E-state index in [9.17, 15) is 14.4 Å². The van der Waals surface area contributed by atoms with Gasteiger partial charge in [-0.2, -0.15) is 0 Å². The third kappa shape index (κ3) is 4.89. The third-order valence-electron chi connectivity index (χ3n) is 11.3. The van der Waals surface area contributed by atoms with Crippen LogP contribution in [0.15, 0.2) is 30.6 Å². The fourth-order valence-corrected chi connectivity index (χ4v) is 8.69. The first-order valence-corrected chi connectivity index (χ1v) is 16.4. The SMILES string of the molecule is O=C1CCC(N2Cc3c(ccc4c3OCC3CN(CC5CCC6(CC5)CCN(c5ncccn5)CC6)CCN43)C2=O)C(=O)N1. The van der Waals surface area contributed by atoms with Gasteiger partial charge in [-0.15, -0.1) is 0 Å². The zero-order valence-corrected chi connectivity index (χ0v) is 25.2. The number of imide groups is 1. The van der Waals surface area contributed by atoms with Crippen molar-refractivity contribution in [3.8, 4) is 5.75 Å². The molecule has 5 aliphatic heterocycles. The van der Waals surface area contributed by atoms with Crippen molar-refractivity contribution in [3.05, 3.63) is 41.7 Å². The summed E-state index contributed by atoms with van der Waals surface area (Å²) in [5.74, 6) is 1.61. The van der Waals surface area contributed by atoms with Crippen LogP contribution in [0.25, 0.3) is 0 Å². The highest BCUT2D eigenvalue weighted by Crippen LogP contribution is 2.47. The molecule has 3 saturated heterocycles. The van der Waals surface area contributed by atoms with Gasteiger partial charge in [-0.25, -0.2) is 9.97 Å². The number of hydrogen-bond donors (Lipinski definition) is 1. The number of carbonyl (C=O) groups is 3. The molecule has 1 aromatic heterocycles. The highest BCUT2D eigenvalue weighted by molar-refractivity contribution is 6.06. The molecule has 1 aliphatic carbocycles. The summed E-state index contributed by atoms with van der Waals surface area (Å²) in [6.07, 6.45) is 12.1. The van der Waals surface area contributed by atoms with Crippen LogP contribution in [-0.4, -0.2) is 95.4 Å². The van der Waals surface area contributed by atoms with Crippen LogP contribution in [0.1, 0.15) is 67.3 Å². The second-order valence-electron chi connectivity index (χ2n) is 13.7. The number of hydrogen-bond acceptors (Lipinski definition) is 9. The first kappa shape index (κ1) is 27.8. The van der Waals surface area contributed by atoms with E-state index in [0.29, 0.717) is 30.6 Å². The van der Waals surface area contributed by atoms with Crippen LogP contribution in [0.3, 0.4) is 0 Å². The number of anilines is 2. The lowest BCUT2D eigenvalue weighted by atomic mass is 9.65. The molecule has 0 bridgehead atoms. The summed E-state index contributed by atoms with van der Waals surface area (Å²) in [6, 6.07) is 5.48. The van der Waals surface area contributed by atoms with E-state index in [4.69, 9.17) is 4.74 Å². The minimum atomic E-state index is -0.616. The van der Waals surface area contributed by atoms with Gasteiger partial charge in [0.25, 0.3) is 5.91 Å². The number of aromatic nitrogens is 2. The monoisotopic (exact) mass is 599 g/mol. The first-order chi connectivity index (χ1) is 21.5. The Morgan fingerprint density at radius 1 is 0.932 bits per heavy atom. The van der Waals surface area contributed by atoms with Crippen molar-refractivity contribution in [2.75, 3.05) is 55.7 Å². The second kappa shape index (κ2) is 11.0. The van der Waals surface area contributed by atoms with Crippen molar-refractivity contribution in [1.29, 1.82) is 0 Å². The number of carbonyl (C=O) groups excluding carboxylic acids is 3. The number of piperazine rings is 1. The van der Waals surface area contributed by atoms with Gasteiger partial charge >= 0.3 is 0 Å². The highest BCUT2D eigenvalue weighted by Gasteiger charge is 2.44. The summed E-state index contributed by atoms with van der Waals surface area (Å²) < 4.78 is 6.40. The van der Waals surface area contributed by atoms with E-state index in [2.05, 4.69) is 30.0 Å². The highest BCUT2D eigenvalue weighted by atomic mass is 16.5. The predicted octanol–water partition coefficient (Wildman–Crippen LogP) is 2.60. The van der Waals surface area contributed by atoms with Crippen molar-refractivity contribution in [2.45, 2.75) is 70.0 Å². The quantitative estimate of drug-likeness (QED) is 0.530. The Balaban J connectivity index is 0.862. The molecular weight excluding hydrogens is 558 g/mol. The second-order valence-corrected chi connectivity index (χ2v) is 13.7. The molecule has 6 aliphatic rings. The minimum Gasteiger partial charge on any atom is -0.489 e. The van der Waals surface area contributed by atoms with Gasteiger partial charge in [0.15, 0.2) is 0 Å². The van der Waals surface area contributed by atoms with Gasteiger partial charge in [0, 0.05) is 69.2 Å². The fraction of sp³-hybridized carbons (Fsp3) is 0.606. The van der Waals surface area contributed by atoms with Crippen LogP contribution in [0.4, 0.5) is 11.6 Å². The number of benzene rings is 1. The maximum Gasteiger partial charge on any atom is 0.255 e. The molecule has 2 aromatic rings. The van der Waals surface area contributed by atoms with Crippen LogP contribution in [0.5, 0.6) is 5.75 Å². The summed E-state index contributed by atoms with van der Waals surface area (Å²) in [5.41, 5.74) is 3.04. The smallest absolute Gasteiger partial charge is 0.255 e. The summed E-state index contributed by atoms with van der Waals surface area (Å²) in [6.45, 7) is 7.19. The van der Waals surface area contributed by atoms with Crippen LogP contribution >= 0.6 is 0 Å². The van der Waals surface area contributed by atoms with Gasteiger partial charge in [-0.05, 0) is 74.5 Å². The topological polar surface area (TPSA) is 111 Å². The third-order valence-corrected chi connectivity index (χ3v) is 11.3. The lowest BCUT2D eigenvalue weighted by molar-refractivity contribution is -0.136. The lowest BCUT2D eigenvalue weighted by Crippen LogP contribution is -2.58. The average Bonchev–Trinajstić information content (AvgIpc) is 3.39. The molecule has 6 heterocycles. The van der Waals surface area contributed by atoms with E-state index in [1.807, 2.05) is 30.6 Å². The summed E-state index contributed by atoms with van der Waals surface area (Å²) >= 11 is 0. The molecule has 3 amide bonds. The Kier molecular flexibility index (Phi) is 6.96. The van der Waals surface area contributed by atoms with E-state index >= 15 is 0 Å². The van der Waals surface area contributed by atoms with E-state index in [1.165, 1.54) is 38.5 Å². The van der Waals surface area contributed by atoms with Crippen LogP contribution in [-0.2, 0) is 16.1 Å². The van der Waals surface area contributed by atoms with Gasteiger partial charge in [0.05, 0.1) is 18.3 Å². The summed E-state index contributed by atoms with van der Waals surface area (Å²) in [7, 11) is 0. The normalized spacial score (nSPS) is 27.1. The Labute approximate surface area is 257 Å². The molecule has 232 valence electrons. The number of rotatable bonds is 4. The van der Waals surface area contributed by atoms with E-state index in [0.717, 1.165) is 68.1 Å². The Bertz CT molecular complexity index is 1450. The van der Waals surface area contributed by atoms with Gasteiger partial charge < -0.3 is 19.4 Å². The predicted molar refractivity (Wildman–Crippen MR) is 163 cm³/mol. The molecule has 11 nitrogen and oxygen atoms in total. The zero-order valence-electron chi connectivity index (χ0n) is 25.2. The van der Waals surface area contributed by atoms with Crippen molar-refractivity contribution in [2.24, 2.45) is 11.3 Å². The number of nitrogens with zero attached hydrogens (tertiary/aromatic N) is 6. The maximum absolute atomic E-state index is 13.3. The van der Waals surface area contributed by atoms with E-state index in [1.54, 1.807) is 4.90 Å². The zero-order chi connectivity index (χ0) is 29.8. The molecule has 0 radical (unpaired) electrons. The number of nitrogens with one attached hydrogen (secondary N) is 1.